The van der Waals surface area contributed by atoms with E-state index in [2.05, 4.69) is 21.2 Å². The van der Waals surface area contributed by atoms with Crippen LogP contribution in [0.15, 0.2) is 40.9 Å². The molecule has 1 amide bonds. The van der Waals surface area contributed by atoms with E-state index >= 15 is 0 Å². The molecule has 108 valence electrons. The fraction of sp³-hybridized carbons (Fsp3) is 0.0667. The van der Waals surface area contributed by atoms with Gasteiger partial charge in [-0.2, -0.15) is 0 Å². The minimum absolute atomic E-state index is 0.0698. The van der Waals surface area contributed by atoms with Crippen LogP contribution in [0.5, 0.6) is 0 Å². The first-order valence-corrected chi connectivity index (χ1v) is 6.78. The van der Waals surface area contributed by atoms with Gasteiger partial charge in [0.1, 0.15) is 5.82 Å². The number of benzene rings is 2. The second kappa shape index (κ2) is 6.05. The van der Waals surface area contributed by atoms with Crippen LogP contribution in [0.4, 0.5) is 10.1 Å². The summed E-state index contributed by atoms with van der Waals surface area (Å²) in [6, 6.07) is 8.51. The van der Waals surface area contributed by atoms with Crippen molar-refractivity contribution >= 4 is 33.5 Å². The summed E-state index contributed by atoms with van der Waals surface area (Å²) in [5, 5.41) is 11.5. The highest BCUT2D eigenvalue weighted by atomic mass is 79.9. The number of carboxylic acid groups (broad SMARTS) is 1. The van der Waals surface area contributed by atoms with Gasteiger partial charge in [-0.15, -0.1) is 0 Å². The van der Waals surface area contributed by atoms with Gasteiger partial charge in [0.25, 0.3) is 5.91 Å². The zero-order chi connectivity index (χ0) is 15.6. The Morgan fingerprint density at radius 3 is 2.52 bits per heavy atom. The fourth-order valence-electron chi connectivity index (χ4n) is 1.81. The number of anilines is 1. The van der Waals surface area contributed by atoms with Crippen molar-refractivity contribution in [3.8, 4) is 0 Å². The van der Waals surface area contributed by atoms with Gasteiger partial charge in [0.15, 0.2) is 0 Å². The molecule has 0 aromatic heterocycles. The lowest BCUT2D eigenvalue weighted by Crippen LogP contribution is -2.16. The Hall–Kier alpha value is -2.21. The second-order valence-electron chi connectivity index (χ2n) is 4.43. The van der Waals surface area contributed by atoms with Crippen LogP contribution in [0.1, 0.15) is 26.3 Å². The van der Waals surface area contributed by atoms with Gasteiger partial charge in [-0.1, -0.05) is 27.6 Å². The highest BCUT2D eigenvalue weighted by molar-refractivity contribution is 9.10. The molecule has 4 nitrogen and oxygen atoms in total. The predicted molar refractivity (Wildman–Crippen MR) is 80.2 cm³/mol. The molecule has 0 spiro atoms. The molecule has 0 heterocycles. The molecule has 6 heteroatoms. The first kappa shape index (κ1) is 15.2. The smallest absolute Gasteiger partial charge is 0.337 e. The van der Waals surface area contributed by atoms with Crippen molar-refractivity contribution in [1.29, 1.82) is 0 Å². The maximum absolute atomic E-state index is 13.7. The van der Waals surface area contributed by atoms with Crippen LogP contribution in [-0.2, 0) is 0 Å². The summed E-state index contributed by atoms with van der Waals surface area (Å²) in [5.41, 5.74) is 0.628. The molecule has 0 aliphatic rings. The number of nitrogens with one attached hydrogen (secondary N) is 1. The van der Waals surface area contributed by atoms with Crippen LogP contribution >= 0.6 is 15.9 Å². The molecule has 0 aliphatic carbocycles. The zero-order valence-corrected chi connectivity index (χ0v) is 12.6. The number of hydrogen-bond acceptors (Lipinski definition) is 2. The van der Waals surface area contributed by atoms with Gasteiger partial charge in [0.05, 0.1) is 16.8 Å². The van der Waals surface area contributed by atoms with E-state index in [0.717, 1.165) is 5.56 Å². The minimum Gasteiger partial charge on any atom is -0.478 e. The standard InChI is InChI=1S/C15H11BrFNO3/c1-8-2-5-12(17)11(6-8)14(19)18-13-7-9(16)3-4-10(13)15(20)21/h2-7H,1H3,(H,18,19)(H,20,21). The van der Waals surface area contributed by atoms with Gasteiger partial charge in [0, 0.05) is 4.47 Å². The van der Waals surface area contributed by atoms with Gasteiger partial charge in [-0.25, -0.2) is 9.18 Å². The number of aromatic carboxylic acids is 1. The highest BCUT2D eigenvalue weighted by Gasteiger charge is 2.16. The fourth-order valence-corrected chi connectivity index (χ4v) is 2.17. The molecule has 0 radical (unpaired) electrons. The molecule has 0 saturated carbocycles. The van der Waals surface area contributed by atoms with Crippen LogP contribution in [-0.4, -0.2) is 17.0 Å². The normalized spacial score (nSPS) is 10.2. The maximum Gasteiger partial charge on any atom is 0.337 e. The Labute approximate surface area is 128 Å². The zero-order valence-electron chi connectivity index (χ0n) is 11.0. The van der Waals surface area contributed by atoms with E-state index in [4.69, 9.17) is 5.11 Å². The van der Waals surface area contributed by atoms with Gasteiger partial charge >= 0.3 is 5.97 Å². The van der Waals surface area contributed by atoms with E-state index in [1.165, 1.54) is 24.3 Å². The van der Waals surface area contributed by atoms with Crippen LogP contribution in [0.25, 0.3) is 0 Å². The van der Waals surface area contributed by atoms with E-state index in [1.54, 1.807) is 19.1 Å². The Balaban J connectivity index is 2.38. The van der Waals surface area contributed by atoms with Crippen molar-refractivity contribution < 1.29 is 19.1 Å². The van der Waals surface area contributed by atoms with E-state index in [9.17, 15) is 14.0 Å². The van der Waals surface area contributed by atoms with E-state index in [0.29, 0.717) is 4.47 Å². The number of carboxylic acids is 1. The molecule has 2 aromatic carbocycles. The minimum atomic E-state index is -1.18. The summed E-state index contributed by atoms with van der Waals surface area (Å²) in [6.07, 6.45) is 0. The Kier molecular flexibility index (Phi) is 4.37. The van der Waals surface area contributed by atoms with Crippen molar-refractivity contribution in [2.75, 3.05) is 5.32 Å². The van der Waals surface area contributed by atoms with Crippen molar-refractivity contribution in [2.45, 2.75) is 6.92 Å². The average Bonchev–Trinajstić information content (AvgIpc) is 2.41. The summed E-state index contributed by atoms with van der Waals surface area (Å²) in [6.45, 7) is 1.73. The van der Waals surface area contributed by atoms with Gasteiger partial charge in [0.2, 0.25) is 0 Å². The number of aryl methyl sites for hydroxylation is 1. The van der Waals surface area contributed by atoms with Crippen molar-refractivity contribution in [3.63, 3.8) is 0 Å². The lowest BCUT2D eigenvalue weighted by Gasteiger charge is -2.10. The molecule has 21 heavy (non-hydrogen) atoms. The van der Waals surface area contributed by atoms with Crippen molar-refractivity contribution in [2.24, 2.45) is 0 Å². The van der Waals surface area contributed by atoms with Crippen LogP contribution in [0.3, 0.4) is 0 Å². The van der Waals surface area contributed by atoms with Crippen molar-refractivity contribution in [3.05, 3.63) is 63.4 Å². The number of halogens is 2. The van der Waals surface area contributed by atoms with Crippen molar-refractivity contribution in [1.82, 2.24) is 0 Å². The molecule has 0 aliphatic heterocycles. The maximum atomic E-state index is 13.7. The van der Waals surface area contributed by atoms with Gasteiger partial charge in [-0.3, -0.25) is 4.79 Å². The lowest BCUT2D eigenvalue weighted by atomic mass is 10.1. The average molecular weight is 352 g/mol. The highest BCUT2D eigenvalue weighted by Crippen LogP contribution is 2.23. The first-order valence-electron chi connectivity index (χ1n) is 5.99. The molecular formula is C15H11BrFNO3. The SMILES string of the molecule is Cc1ccc(F)c(C(=O)Nc2cc(Br)ccc2C(=O)O)c1. The molecule has 0 unspecified atom stereocenters. The number of hydrogen-bond donors (Lipinski definition) is 2. The molecule has 0 saturated heterocycles. The molecule has 0 fully saturated rings. The lowest BCUT2D eigenvalue weighted by molar-refractivity contribution is 0.0698. The second-order valence-corrected chi connectivity index (χ2v) is 5.35. The molecule has 2 N–H and O–H groups in total. The number of carbonyl (C=O) groups is 2. The third-order valence-electron chi connectivity index (χ3n) is 2.83. The van der Waals surface area contributed by atoms with E-state index in [-0.39, 0.29) is 16.8 Å². The monoisotopic (exact) mass is 351 g/mol. The molecular weight excluding hydrogens is 341 g/mol. The van der Waals surface area contributed by atoms with E-state index in [1.807, 2.05) is 0 Å². The third-order valence-corrected chi connectivity index (χ3v) is 3.32. The number of amides is 1. The molecule has 0 bridgehead atoms. The molecule has 2 rings (SSSR count). The molecule has 0 atom stereocenters. The number of rotatable bonds is 3. The van der Waals surface area contributed by atoms with Crippen LogP contribution in [0.2, 0.25) is 0 Å². The summed E-state index contributed by atoms with van der Waals surface area (Å²) in [4.78, 5) is 23.2. The summed E-state index contributed by atoms with van der Waals surface area (Å²) >= 11 is 3.20. The Morgan fingerprint density at radius 2 is 1.86 bits per heavy atom. The third kappa shape index (κ3) is 3.46. The van der Waals surface area contributed by atoms with Gasteiger partial charge < -0.3 is 10.4 Å². The number of carbonyl (C=O) groups excluding carboxylic acids is 1. The topological polar surface area (TPSA) is 66.4 Å². The summed E-state index contributed by atoms with van der Waals surface area (Å²) in [7, 11) is 0. The Morgan fingerprint density at radius 1 is 1.14 bits per heavy atom. The first-order chi connectivity index (χ1) is 9.88. The largest absolute Gasteiger partial charge is 0.478 e. The van der Waals surface area contributed by atoms with Crippen LogP contribution < -0.4 is 5.32 Å². The Bertz CT molecular complexity index is 731. The summed E-state index contributed by atoms with van der Waals surface area (Å²) in [5.74, 6) is -2.54. The van der Waals surface area contributed by atoms with Crippen LogP contribution in [0, 0.1) is 12.7 Å². The molecule has 2 aromatic rings. The quantitative estimate of drug-likeness (QED) is 0.882. The summed E-state index contributed by atoms with van der Waals surface area (Å²) < 4.78 is 14.3. The van der Waals surface area contributed by atoms with Gasteiger partial charge in [-0.05, 0) is 37.3 Å². The predicted octanol–water partition coefficient (Wildman–Crippen LogP) is 3.85. The van der Waals surface area contributed by atoms with E-state index < -0.39 is 17.7 Å².